The lowest BCUT2D eigenvalue weighted by Gasteiger charge is -2.37. The largest absolute Gasteiger partial charge is 0.504 e. The Labute approximate surface area is 258 Å². The third-order valence-electron chi connectivity index (χ3n) is 7.89. The maximum atomic E-state index is 12.1. The lowest BCUT2D eigenvalue weighted by atomic mass is 9.90. The van der Waals surface area contributed by atoms with Crippen LogP contribution in [-0.2, 0) is 16.1 Å². The van der Waals surface area contributed by atoms with Crippen molar-refractivity contribution in [2.75, 3.05) is 39.7 Å². The number of aromatic nitrogens is 2. The van der Waals surface area contributed by atoms with E-state index in [1.54, 1.807) is 16.8 Å². The van der Waals surface area contributed by atoms with E-state index >= 15 is 0 Å². The van der Waals surface area contributed by atoms with Gasteiger partial charge in [0.05, 0.1) is 33.2 Å². The third kappa shape index (κ3) is 7.26. The molecule has 3 atom stereocenters. The van der Waals surface area contributed by atoms with Gasteiger partial charge < -0.3 is 29.4 Å². The van der Waals surface area contributed by atoms with Gasteiger partial charge in [-0.25, -0.2) is 9.48 Å². The summed E-state index contributed by atoms with van der Waals surface area (Å²) in [6.45, 7) is 4.35. The minimum absolute atomic E-state index is 0.0207. The van der Waals surface area contributed by atoms with Crippen molar-refractivity contribution in [2.45, 2.75) is 44.4 Å². The Bertz CT molecular complexity index is 1540. The van der Waals surface area contributed by atoms with Crippen molar-refractivity contribution in [2.24, 2.45) is 0 Å². The van der Waals surface area contributed by atoms with Gasteiger partial charge in [0.15, 0.2) is 11.5 Å². The molecule has 1 aliphatic heterocycles. The van der Waals surface area contributed by atoms with Gasteiger partial charge in [-0.05, 0) is 36.1 Å². The molecule has 0 saturated carbocycles. The summed E-state index contributed by atoms with van der Waals surface area (Å²) >= 11 is 0. The summed E-state index contributed by atoms with van der Waals surface area (Å²) < 4.78 is 24.0. The molecule has 1 aromatic heterocycles. The number of likely N-dealkylation sites (tertiary alicyclic amines) is 1. The Morgan fingerprint density at radius 1 is 1.05 bits per heavy atom. The van der Waals surface area contributed by atoms with Crippen LogP contribution in [0.1, 0.15) is 36.8 Å². The van der Waals surface area contributed by atoms with E-state index in [1.165, 1.54) is 26.9 Å². The molecule has 5 rings (SSSR count). The van der Waals surface area contributed by atoms with Crippen molar-refractivity contribution in [1.29, 1.82) is 0 Å². The first kappa shape index (κ1) is 30.7. The molecule has 44 heavy (non-hydrogen) atoms. The second-order valence-corrected chi connectivity index (χ2v) is 10.9. The molecular formula is C34H40N4O6. The molecule has 0 amide bonds. The summed E-state index contributed by atoms with van der Waals surface area (Å²) in [6.07, 6.45) is 5.20. The first-order valence-electron chi connectivity index (χ1n) is 14.8. The highest BCUT2D eigenvalue weighted by atomic mass is 16.5. The number of esters is 1. The number of phenols is 1. The first-order chi connectivity index (χ1) is 21.4. The molecule has 1 fully saturated rings. The van der Waals surface area contributed by atoms with Gasteiger partial charge in [0.25, 0.3) is 0 Å². The van der Waals surface area contributed by atoms with E-state index in [-0.39, 0.29) is 29.5 Å². The van der Waals surface area contributed by atoms with Gasteiger partial charge >= 0.3 is 5.97 Å². The zero-order valence-electron chi connectivity index (χ0n) is 25.6. The van der Waals surface area contributed by atoms with Crippen LogP contribution in [0.4, 0.5) is 5.69 Å². The van der Waals surface area contributed by atoms with Crippen molar-refractivity contribution >= 4 is 11.7 Å². The van der Waals surface area contributed by atoms with E-state index < -0.39 is 6.04 Å². The maximum absolute atomic E-state index is 12.1. The van der Waals surface area contributed by atoms with E-state index in [0.29, 0.717) is 17.9 Å². The summed E-state index contributed by atoms with van der Waals surface area (Å²) in [5, 5.41) is 18.4. The van der Waals surface area contributed by atoms with Crippen LogP contribution in [0.5, 0.6) is 23.0 Å². The molecule has 0 radical (unpaired) electrons. The quantitative estimate of drug-likeness (QED) is 0.207. The maximum Gasteiger partial charge on any atom is 0.328 e. The van der Waals surface area contributed by atoms with Gasteiger partial charge in [-0.15, -0.1) is 0 Å². The number of piperidine rings is 1. The lowest BCUT2D eigenvalue weighted by molar-refractivity contribution is -0.141. The van der Waals surface area contributed by atoms with Crippen LogP contribution < -0.4 is 19.5 Å². The normalized spacial score (nSPS) is 17.5. The molecule has 10 heteroatoms. The number of carbonyl (C=O) groups excluding carboxylic acids is 1. The number of methoxy groups -OCH3 is 3. The first-order valence-corrected chi connectivity index (χ1v) is 14.8. The molecule has 3 unspecified atom stereocenters. The van der Waals surface area contributed by atoms with Gasteiger partial charge in [-0.3, -0.25) is 4.90 Å². The Hall–Kier alpha value is -4.70. The Kier molecular flexibility index (Phi) is 9.91. The molecule has 2 heterocycles. The van der Waals surface area contributed by atoms with Crippen LogP contribution in [-0.4, -0.2) is 72.3 Å². The molecule has 0 spiro atoms. The highest BCUT2D eigenvalue weighted by molar-refractivity contribution is 5.79. The number of aromatic hydroxyl groups is 1. The highest BCUT2D eigenvalue weighted by Gasteiger charge is 2.31. The van der Waals surface area contributed by atoms with Crippen LogP contribution in [0.15, 0.2) is 79.1 Å². The Balaban J connectivity index is 1.37. The SMILES string of the molecule is CCC(Nc1cccc(OC2CC(c3cnn(-c4cc(O)c(OC)c(OC)c4)c3)CN(Cc3ccccc3)C2)c1)C(=O)OC. The summed E-state index contributed by atoms with van der Waals surface area (Å²) in [4.78, 5) is 14.5. The number of carbonyl (C=O) groups is 1. The van der Waals surface area contributed by atoms with E-state index in [9.17, 15) is 9.90 Å². The van der Waals surface area contributed by atoms with Crippen LogP contribution in [0.25, 0.3) is 5.69 Å². The molecule has 0 bridgehead atoms. The van der Waals surface area contributed by atoms with E-state index in [4.69, 9.17) is 18.9 Å². The number of phenolic OH excluding ortho intramolecular Hbond substituents is 1. The standard InChI is InChI=1S/C34H40N4O6/c1-5-30(34(40)43-4)36-26-12-9-13-28(15-26)44-29-14-24(20-37(22-29)19-23-10-7-6-8-11-23)25-18-35-38(21-25)27-16-31(39)33(42-3)32(17-27)41-2/h6-13,15-18,21,24,29-30,36,39H,5,14,19-20,22H2,1-4H3. The fraction of sp³-hybridized carbons (Fsp3) is 0.353. The van der Waals surface area contributed by atoms with E-state index in [1.807, 2.05) is 49.6 Å². The second kappa shape index (κ2) is 14.2. The minimum Gasteiger partial charge on any atom is -0.504 e. The number of ether oxygens (including phenoxy) is 4. The van der Waals surface area contributed by atoms with Gasteiger partial charge in [-0.2, -0.15) is 5.10 Å². The fourth-order valence-corrected chi connectivity index (χ4v) is 5.71. The lowest BCUT2D eigenvalue weighted by Crippen LogP contribution is -2.44. The number of rotatable bonds is 12. The van der Waals surface area contributed by atoms with Crippen molar-refractivity contribution in [3.63, 3.8) is 0 Å². The molecule has 3 aromatic carbocycles. The molecule has 1 saturated heterocycles. The number of hydrogen-bond donors (Lipinski definition) is 2. The average molecular weight is 601 g/mol. The van der Waals surface area contributed by atoms with Crippen LogP contribution in [0, 0.1) is 0 Å². The molecular weight excluding hydrogens is 560 g/mol. The molecule has 0 aliphatic carbocycles. The predicted molar refractivity (Wildman–Crippen MR) is 168 cm³/mol. The number of nitrogens with one attached hydrogen (secondary N) is 1. The van der Waals surface area contributed by atoms with Crippen molar-refractivity contribution in [3.8, 4) is 28.7 Å². The zero-order valence-corrected chi connectivity index (χ0v) is 25.6. The molecule has 4 aromatic rings. The van der Waals surface area contributed by atoms with Gasteiger partial charge in [0.2, 0.25) is 5.75 Å². The molecule has 232 valence electrons. The summed E-state index contributed by atoms with van der Waals surface area (Å²) in [5.41, 5.74) is 3.78. The number of benzene rings is 3. The van der Waals surface area contributed by atoms with Crippen molar-refractivity contribution in [1.82, 2.24) is 14.7 Å². The zero-order chi connectivity index (χ0) is 31.1. The average Bonchev–Trinajstić information content (AvgIpc) is 3.54. The van der Waals surface area contributed by atoms with Crippen LogP contribution in [0.2, 0.25) is 0 Å². The molecule has 2 N–H and O–H groups in total. The number of nitrogens with zero attached hydrogens (tertiary/aromatic N) is 3. The van der Waals surface area contributed by atoms with Crippen LogP contribution in [0.3, 0.4) is 0 Å². The summed E-state index contributed by atoms with van der Waals surface area (Å²) in [5.74, 6) is 1.28. The van der Waals surface area contributed by atoms with Crippen molar-refractivity contribution < 1.29 is 28.8 Å². The Morgan fingerprint density at radius 2 is 1.86 bits per heavy atom. The number of hydrogen-bond acceptors (Lipinski definition) is 9. The van der Waals surface area contributed by atoms with Gasteiger partial charge in [0.1, 0.15) is 17.9 Å². The topological polar surface area (TPSA) is 107 Å². The Morgan fingerprint density at radius 3 is 2.59 bits per heavy atom. The van der Waals surface area contributed by atoms with Crippen LogP contribution >= 0.6 is 0 Å². The number of anilines is 1. The van der Waals surface area contributed by atoms with E-state index in [2.05, 4.69) is 39.6 Å². The van der Waals surface area contributed by atoms with Gasteiger partial charge in [-0.1, -0.05) is 43.3 Å². The van der Waals surface area contributed by atoms with Crippen molar-refractivity contribution in [3.05, 3.63) is 90.3 Å². The summed E-state index contributed by atoms with van der Waals surface area (Å²) in [7, 11) is 4.42. The predicted octanol–water partition coefficient (Wildman–Crippen LogP) is 5.40. The summed E-state index contributed by atoms with van der Waals surface area (Å²) in [6, 6.07) is 21.1. The van der Waals surface area contributed by atoms with E-state index in [0.717, 1.165) is 43.1 Å². The molecule has 1 aliphatic rings. The molecule has 10 nitrogen and oxygen atoms in total. The van der Waals surface area contributed by atoms with Gasteiger partial charge in [0, 0.05) is 55.6 Å². The third-order valence-corrected chi connectivity index (χ3v) is 7.89. The highest BCUT2D eigenvalue weighted by Crippen LogP contribution is 2.39. The smallest absolute Gasteiger partial charge is 0.328 e. The second-order valence-electron chi connectivity index (χ2n) is 10.9. The minimum atomic E-state index is -0.431. The fourth-order valence-electron chi connectivity index (χ4n) is 5.71. The monoisotopic (exact) mass is 600 g/mol.